The van der Waals surface area contributed by atoms with E-state index < -0.39 is 11.6 Å². The van der Waals surface area contributed by atoms with Gasteiger partial charge in [0.05, 0.1) is 0 Å². The Bertz CT molecular complexity index is 692. The standard InChI is InChI=1S/C22H32O4/c1-12-9-17-15-6-5-14-10-18(24)22(25,26)11-21(14,4)16(15)7-8-20(17,3)19(12)13(2)23/h10,12,15-17,19,25-26H,5-9,11H2,1-4H3/t12-,15-,16+,17+,19-,20+,21+/m1/s1. The zero-order chi connectivity index (χ0) is 19.1. The quantitative estimate of drug-likeness (QED) is 0.704. The number of carbonyl (C=O) groups excluding carboxylic acids is 2. The van der Waals surface area contributed by atoms with E-state index in [0.717, 1.165) is 37.7 Å². The Morgan fingerprint density at radius 2 is 1.88 bits per heavy atom. The third kappa shape index (κ3) is 2.27. The van der Waals surface area contributed by atoms with Gasteiger partial charge in [0.2, 0.25) is 11.6 Å². The van der Waals surface area contributed by atoms with Crippen LogP contribution in [0, 0.1) is 40.4 Å². The average Bonchev–Trinajstić information content (AvgIpc) is 2.78. The van der Waals surface area contributed by atoms with Gasteiger partial charge in [-0.15, -0.1) is 0 Å². The topological polar surface area (TPSA) is 74.6 Å². The van der Waals surface area contributed by atoms with Gasteiger partial charge in [0.25, 0.3) is 0 Å². The molecule has 4 heteroatoms. The Kier molecular flexibility index (Phi) is 3.89. The third-order valence-electron chi connectivity index (χ3n) is 8.83. The van der Waals surface area contributed by atoms with Gasteiger partial charge in [-0.3, -0.25) is 9.59 Å². The van der Waals surface area contributed by atoms with E-state index in [1.54, 1.807) is 6.92 Å². The summed E-state index contributed by atoms with van der Waals surface area (Å²) >= 11 is 0. The zero-order valence-electron chi connectivity index (χ0n) is 16.4. The molecule has 0 saturated heterocycles. The van der Waals surface area contributed by atoms with E-state index >= 15 is 0 Å². The van der Waals surface area contributed by atoms with E-state index in [1.807, 2.05) is 0 Å². The van der Waals surface area contributed by atoms with Gasteiger partial charge in [-0.2, -0.15) is 0 Å². The van der Waals surface area contributed by atoms with Crippen molar-refractivity contribution in [1.82, 2.24) is 0 Å². The van der Waals surface area contributed by atoms with Crippen LogP contribution >= 0.6 is 0 Å². The summed E-state index contributed by atoms with van der Waals surface area (Å²) in [7, 11) is 0. The van der Waals surface area contributed by atoms with Crippen molar-refractivity contribution in [1.29, 1.82) is 0 Å². The molecule has 7 atom stereocenters. The molecule has 4 aliphatic carbocycles. The Hall–Kier alpha value is -1.00. The molecule has 3 fully saturated rings. The van der Waals surface area contributed by atoms with Crippen molar-refractivity contribution in [3.8, 4) is 0 Å². The smallest absolute Gasteiger partial charge is 0.228 e. The van der Waals surface area contributed by atoms with Gasteiger partial charge >= 0.3 is 0 Å². The molecular weight excluding hydrogens is 328 g/mol. The van der Waals surface area contributed by atoms with Crippen molar-refractivity contribution in [2.45, 2.75) is 72.0 Å². The maximum atomic E-state index is 12.4. The minimum atomic E-state index is -2.23. The number of Topliss-reactive ketones (excluding diaryl/α,β-unsaturated/α-hetero) is 1. The lowest BCUT2D eigenvalue weighted by Crippen LogP contribution is -2.55. The highest BCUT2D eigenvalue weighted by Gasteiger charge is 2.63. The molecule has 0 spiro atoms. The number of ketones is 2. The Morgan fingerprint density at radius 1 is 1.19 bits per heavy atom. The first kappa shape index (κ1) is 18.4. The number of aliphatic hydroxyl groups is 2. The Morgan fingerprint density at radius 3 is 2.54 bits per heavy atom. The van der Waals surface area contributed by atoms with E-state index in [-0.39, 0.29) is 23.2 Å². The van der Waals surface area contributed by atoms with Crippen LogP contribution < -0.4 is 0 Å². The first-order valence-corrected chi connectivity index (χ1v) is 10.2. The molecule has 3 saturated carbocycles. The van der Waals surface area contributed by atoms with Crippen molar-refractivity contribution >= 4 is 11.6 Å². The number of allylic oxidation sites excluding steroid dienone is 1. The maximum Gasteiger partial charge on any atom is 0.228 e. The Balaban J connectivity index is 1.71. The van der Waals surface area contributed by atoms with Crippen LogP contribution in [-0.2, 0) is 9.59 Å². The Labute approximate surface area is 156 Å². The van der Waals surface area contributed by atoms with Crippen LogP contribution in [0.3, 0.4) is 0 Å². The summed E-state index contributed by atoms with van der Waals surface area (Å²) < 4.78 is 0. The van der Waals surface area contributed by atoms with Crippen molar-refractivity contribution < 1.29 is 19.8 Å². The summed E-state index contributed by atoms with van der Waals surface area (Å²) in [6.45, 7) is 8.44. The summed E-state index contributed by atoms with van der Waals surface area (Å²) in [5.74, 6) is -0.488. The van der Waals surface area contributed by atoms with Crippen LogP contribution in [0.1, 0.15) is 66.2 Å². The van der Waals surface area contributed by atoms with Gasteiger partial charge in [-0.05, 0) is 79.6 Å². The molecule has 4 rings (SSSR count). The predicted molar refractivity (Wildman–Crippen MR) is 98.0 cm³/mol. The van der Waals surface area contributed by atoms with E-state index in [9.17, 15) is 19.8 Å². The van der Waals surface area contributed by atoms with Gasteiger partial charge in [-0.1, -0.05) is 26.3 Å². The van der Waals surface area contributed by atoms with Crippen molar-refractivity contribution in [3.63, 3.8) is 0 Å². The van der Waals surface area contributed by atoms with Crippen LogP contribution in [-0.4, -0.2) is 27.6 Å². The average molecular weight is 360 g/mol. The molecular formula is C22H32O4. The maximum absolute atomic E-state index is 12.4. The largest absolute Gasteiger partial charge is 0.359 e. The van der Waals surface area contributed by atoms with Gasteiger partial charge in [-0.25, -0.2) is 0 Å². The van der Waals surface area contributed by atoms with Gasteiger partial charge in [0.15, 0.2) is 0 Å². The van der Waals surface area contributed by atoms with E-state index in [0.29, 0.717) is 29.5 Å². The van der Waals surface area contributed by atoms with Gasteiger partial charge in [0.1, 0.15) is 5.78 Å². The van der Waals surface area contributed by atoms with E-state index in [1.165, 1.54) is 6.08 Å². The summed E-state index contributed by atoms with van der Waals surface area (Å²) in [5.41, 5.74) is 0.865. The fourth-order valence-electron chi connectivity index (χ4n) is 7.91. The molecule has 2 N–H and O–H groups in total. The van der Waals surface area contributed by atoms with Crippen LogP contribution in [0.4, 0.5) is 0 Å². The third-order valence-corrected chi connectivity index (χ3v) is 8.83. The van der Waals surface area contributed by atoms with Crippen LogP contribution in [0.25, 0.3) is 0 Å². The van der Waals surface area contributed by atoms with Gasteiger partial charge < -0.3 is 10.2 Å². The lowest BCUT2D eigenvalue weighted by molar-refractivity contribution is -0.199. The highest BCUT2D eigenvalue weighted by atomic mass is 16.5. The molecule has 0 aromatic carbocycles. The predicted octanol–water partition coefficient (Wildman–Crippen LogP) is 3.26. The number of fused-ring (bicyclic) bond motifs is 5. The first-order valence-electron chi connectivity index (χ1n) is 10.2. The highest BCUT2D eigenvalue weighted by molar-refractivity contribution is 5.97. The van der Waals surface area contributed by atoms with Crippen LogP contribution in [0.5, 0.6) is 0 Å². The van der Waals surface area contributed by atoms with Gasteiger partial charge in [0, 0.05) is 12.3 Å². The fourth-order valence-corrected chi connectivity index (χ4v) is 7.91. The zero-order valence-corrected chi connectivity index (χ0v) is 16.4. The molecule has 0 heterocycles. The second-order valence-electron chi connectivity index (χ2n) is 10.2. The summed E-state index contributed by atoms with van der Waals surface area (Å²) in [4.78, 5) is 24.4. The van der Waals surface area contributed by atoms with Crippen LogP contribution in [0.15, 0.2) is 11.6 Å². The second kappa shape index (κ2) is 5.51. The summed E-state index contributed by atoms with van der Waals surface area (Å²) in [5, 5.41) is 20.5. The number of hydrogen-bond donors (Lipinski definition) is 2. The van der Waals surface area contributed by atoms with E-state index in [2.05, 4.69) is 20.8 Å². The highest BCUT2D eigenvalue weighted by Crippen LogP contribution is 2.68. The SMILES string of the molecule is CC(=O)[C@H]1[C@H](C)C[C@H]2[C@@H]3CCC4=CC(=O)C(O)(O)C[C@]4(C)[C@H]3CC[C@@]21C. The molecule has 0 unspecified atom stereocenters. The van der Waals surface area contributed by atoms with Crippen LogP contribution in [0.2, 0.25) is 0 Å². The van der Waals surface area contributed by atoms with Crippen molar-refractivity contribution in [2.24, 2.45) is 40.4 Å². The molecule has 144 valence electrons. The fraction of sp³-hybridized carbons (Fsp3) is 0.818. The lowest BCUT2D eigenvalue weighted by atomic mass is 9.46. The molecule has 26 heavy (non-hydrogen) atoms. The summed E-state index contributed by atoms with van der Waals surface area (Å²) in [6, 6.07) is 0. The molecule has 4 aliphatic rings. The number of hydrogen-bond acceptors (Lipinski definition) is 4. The molecule has 0 aromatic heterocycles. The van der Waals surface area contributed by atoms with Crippen molar-refractivity contribution in [3.05, 3.63) is 11.6 Å². The summed E-state index contributed by atoms with van der Waals surface area (Å²) in [6.07, 6.45) is 6.68. The van der Waals surface area contributed by atoms with E-state index in [4.69, 9.17) is 0 Å². The number of carbonyl (C=O) groups is 2. The first-order chi connectivity index (χ1) is 12.0. The minimum Gasteiger partial charge on any atom is -0.359 e. The molecule has 4 nitrogen and oxygen atoms in total. The van der Waals surface area contributed by atoms with Crippen molar-refractivity contribution in [2.75, 3.05) is 0 Å². The molecule has 0 aliphatic heterocycles. The number of rotatable bonds is 1. The minimum absolute atomic E-state index is 0.0734. The monoisotopic (exact) mass is 360 g/mol. The molecule has 0 aromatic rings. The normalized spacial score (nSPS) is 49.7. The lowest BCUT2D eigenvalue weighted by Gasteiger charge is -2.58. The molecule has 0 amide bonds. The second-order valence-corrected chi connectivity index (χ2v) is 10.2. The molecule has 0 bridgehead atoms. The molecule has 0 radical (unpaired) electrons.